The van der Waals surface area contributed by atoms with Gasteiger partial charge in [0.1, 0.15) is 5.69 Å². The van der Waals surface area contributed by atoms with Crippen LogP contribution in [0.25, 0.3) is 0 Å². The highest BCUT2D eigenvalue weighted by atomic mass is 32.1. The fourth-order valence-electron chi connectivity index (χ4n) is 1.58. The summed E-state index contributed by atoms with van der Waals surface area (Å²) in [6, 6.07) is 5.46. The summed E-state index contributed by atoms with van der Waals surface area (Å²) in [7, 11) is 0. The van der Waals surface area contributed by atoms with Gasteiger partial charge in [-0.1, -0.05) is 6.07 Å². The molecular weight excluding hydrogens is 248 g/mol. The molecule has 18 heavy (non-hydrogen) atoms. The van der Waals surface area contributed by atoms with Crippen LogP contribution in [0, 0.1) is 6.92 Å². The van der Waals surface area contributed by atoms with E-state index in [-0.39, 0.29) is 12.5 Å². The molecule has 2 aromatic heterocycles. The third kappa shape index (κ3) is 2.94. The lowest BCUT2D eigenvalue weighted by Crippen LogP contribution is -2.29. The van der Waals surface area contributed by atoms with Gasteiger partial charge in [0.2, 0.25) is 0 Å². The molecule has 0 radical (unpaired) electrons. The van der Waals surface area contributed by atoms with Gasteiger partial charge in [-0.3, -0.25) is 9.78 Å². The molecule has 0 aliphatic rings. The molecule has 2 rings (SSSR count). The van der Waals surface area contributed by atoms with Crippen molar-refractivity contribution in [3.8, 4) is 0 Å². The van der Waals surface area contributed by atoms with Crippen molar-refractivity contribution in [1.29, 1.82) is 0 Å². The van der Waals surface area contributed by atoms with E-state index in [2.05, 4.69) is 10.3 Å². The maximum Gasteiger partial charge on any atom is 0.270 e. The molecule has 0 saturated heterocycles. The molecule has 0 fully saturated rings. The SMILES string of the molecule is Cc1cccnc1C(=O)NCC(O)c1ccsc1. The average Bonchev–Trinajstić information content (AvgIpc) is 2.90. The number of aryl methyl sites for hydroxylation is 1. The Morgan fingerprint density at radius 2 is 2.39 bits per heavy atom. The van der Waals surface area contributed by atoms with Crippen molar-refractivity contribution in [2.24, 2.45) is 0 Å². The smallest absolute Gasteiger partial charge is 0.270 e. The molecule has 2 heterocycles. The van der Waals surface area contributed by atoms with Crippen LogP contribution in [0.2, 0.25) is 0 Å². The number of rotatable bonds is 4. The van der Waals surface area contributed by atoms with Crippen molar-refractivity contribution < 1.29 is 9.90 Å². The number of hydrogen-bond acceptors (Lipinski definition) is 4. The van der Waals surface area contributed by atoms with E-state index in [1.807, 2.05) is 29.8 Å². The molecule has 0 aliphatic heterocycles. The maximum absolute atomic E-state index is 11.9. The van der Waals surface area contributed by atoms with E-state index in [4.69, 9.17) is 0 Å². The van der Waals surface area contributed by atoms with Crippen LogP contribution in [0.5, 0.6) is 0 Å². The molecule has 0 aliphatic carbocycles. The van der Waals surface area contributed by atoms with Gasteiger partial charge in [0.15, 0.2) is 0 Å². The number of thiophene rings is 1. The fourth-order valence-corrected chi connectivity index (χ4v) is 2.29. The Balaban J connectivity index is 1.95. The van der Waals surface area contributed by atoms with Gasteiger partial charge in [0.25, 0.3) is 5.91 Å². The second-order valence-corrected chi connectivity index (χ2v) is 4.73. The number of nitrogens with one attached hydrogen (secondary N) is 1. The number of carbonyl (C=O) groups excluding carboxylic acids is 1. The predicted molar refractivity (Wildman–Crippen MR) is 70.6 cm³/mol. The molecule has 0 spiro atoms. The van der Waals surface area contributed by atoms with Crippen molar-refractivity contribution >= 4 is 17.2 Å². The van der Waals surface area contributed by atoms with Crippen molar-refractivity contribution in [3.63, 3.8) is 0 Å². The standard InChI is InChI=1S/C13H14N2O2S/c1-9-3-2-5-14-12(9)13(17)15-7-11(16)10-4-6-18-8-10/h2-6,8,11,16H,7H2,1H3,(H,15,17). The van der Waals surface area contributed by atoms with Crippen LogP contribution in [0.3, 0.4) is 0 Å². The lowest BCUT2D eigenvalue weighted by Gasteiger charge is -2.11. The van der Waals surface area contributed by atoms with Gasteiger partial charge in [0, 0.05) is 12.7 Å². The van der Waals surface area contributed by atoms with Crippen LogP contribution >= 0.6 is 11.3 Å². The molecule has 0 bridgehead atoms. The van der Waals surface area contributed by atoms with Crippen molar-refractivity contribution in [2.45, 2.75) is 13.0 Å². The Bertz CT molecular complexity index is 526. The van der Waals surface area contributed by atoms with Gasteiger partial charge in [-0.15, -0.1) is 0 Å². The molecule has 5 heteroatoms. The lowest BCUT2D eigenvalue weighted by molar-refractivity contribution is 0.0911. The third-order valence-corrected chi connectivity index (χ3v) is 3.31. The normalized spacial score (nSPS) is 12.1. The highest BCUT2D eigenvalue weighted by molar-refractivity contribution is 7.07. The van der Waals surface area contributed by atoms with Gasteiger partial charge in [-0.25, -0.2) is 0 Å². The number of amides is 1. The minimum absolute atomic E-state index is 0.186. The molecular formula is C13H14N2O2S. The molecule has 0 aromatic carbocycles. The Hall–Kier alpha value is -1.72. The zero-order chi connectivity index (χ0) is 13.0. The summed E-state index contributed by atoms with van der Waals surface area (Å²) >= 11 is 1.52. The fraction of sp³-hybridized carbons (Fsp3) is 0.231. The minimum Gasteiger partial charge on any atom is -0.387 e. The molecule has 2 N–H and O–H groups in total. The molecule has 1 atom stereocenters. The van der Waals surface area contributed by atoms with Crippen LogP contribution in [-0.2, 0) is 0 Å². The van der Waals surface area contributed by atoms with E-state index in [9.17, 15) is 9.90 Å². The minimum atomic E-state index is -0.677. The highest BCUT2D eigenvalue weighted by Crippen LogP contribution is 2.15. The number of aliphatic hydroxyl groups excluding tert-OH is 1. The van der Waals surface area contributed by atoms with Crippen LogP contribution in [0.1, 0.15) is 27.7 Å². The highest BCUT2D eigenvalue weighted by Gasteiger charge is 2.13. The Labute approximate surface area is 109 Å². The first-order valence-corrected chi connectivity index (χ1v) is 6.52. The number of aromatic nitrogens is 1. The summed E-state index contributed by atoms with van der Waals surface area (Å²) < 4.78 is 0. The molecule has 4 nitrogen and oxygen atoms in total. The monoisotopic (exact) mass is 262 g/mol. The predicted octanol–water partition coefficient (Wildman–Crippen LogP) is 1.91. The van der Waals surface area contributed by atoms with Crippen molar-refractivity contribution in [2.75, 3.05) is 6.54 Å². The summed E-state index contributed by atoms with van der Waals surface area (Å²) in [5, 5.41) is 16.3. The van der Waals surface area contributed by atoms with Crippen molar-refractivity contribution in [3.05, 3.63) is 52.0 Å². The molecule has 94 valence electrons. The quantitative estimate of drug-likeness (QED) is 0.884. The van der Waals surface area contributed by atoms with Gasteiger partial charge >= 0.3 is 0 Å². The summed E-state index contributed by atoms with van der Waals surface area (Å²) in [5.41, 5.74) is 2.04. The van der Waals surface area contributed by atoms with E-state index in [1.165, 1.54) is 11.3 Å². The van der Waals surface area contributed by atoms with E-state index < -0.39 is 6.10 Å². The van der Waals surface area contributed by atoms with E-state index in [0.29, 0.717) is 5.69 Å². The summed E-state index contributed by atoms with van der Waals surface area (Å²) in [4.78, 5) is 15.9. The Morgan fingerprint density at radius 1 is 1.56 bits per heavy atom. The number of hydrogen-bond donors (Lipinski definition) is 2. The van der Waals surface area contributed by atoms with Crippen LogP contribution in [-0.4, -0.2) is 22.5 Å². The maximum atomic E-state index is 11.9. The number of carbonyl (C=O) groups is 1. The third-order valence-electron chi connectivity index (χ3n) is 2.61. The number of pyridine rings is 1. The first-order chi connectivity index (χ1) is 8.68. The first-order valence-electron chi connectivity index (χ1n) is 5.58. The molecule has 2 aromatic rings. The van der Waals surface area contributed by atoms with Crippen LogP contribution in [0.4, 0.5) is 0 Å². The number of aliphatic hydroxyl groups is 1. The Morgan fingerprint density at radius 3 is 3.06 bits per heavy atom. The van der Waals surface area contributed by atoms with Crippen LogP contribution in [0.15, 0.2) is 35.2 Å². The summed E-state index contributed by atoms with van der Waals surface area (Å²) in [5.74, 6) is -0.262. The first kappa shape index (κ1) is 12.7. The van der Waals surface area contributed by atoms with Gasteiger partial charge < -0.3 is 10.4 Å². The number of nitrogens with zero attached hydrogens (tertiary/aromatic N) is 1. The summed E-state index contributed by atoms with van der Waals surface area (Å²) in [6.45, 7) is 2.02. The van der Waals surface area contributed by atoms with Gasteiger partial charge in [-0.2, -0.15) is 11.3 Å². The second kappa shape index (κ2) is 5.75. The zero-order valence-electron chi connectivity index (χ0n) is 9.96. The van der Waals surface area contributed by atoms with E-state index in [1.54, 1.807) is 12.3 Å². The van der Waals surface area contributed by atoms with Gasteiger partial charge in [0.05, 0.1) is 6.10 Å². The molecule has 0 saturated carbocycles. The average molecular weight is 262 g/mol. The topological polar surface area (TPSA) is 62.2 Å². The van der Waals surface area contributed by atoms with Crippen molar-refractivity contribution in [1.82, 2.24) is 10.3 Å². The second-order valence-electron chi connectivity index (χ2n) is 3.95. The molecule has 1 amide bonds. The van der Waals surface area contributed by atoms with Crippen LogP contribution < -0.4 is 5.32 Å². The lowest BCUT2D eigenvalue weighted by atomic mass is 10.2. The summed E-state index contributed by atoms with van der Waals surface area (Å²) in [6.07, 6.45) is 0.904. The van der Waals surface area contributed by atoms with E-state index in [0.717, 1.165) is 11.1 Å². The molecule has 1 unspecified atom stereocenters. The zero-order valence-corrected chi connectivity index (χ0v) is 10.8. The Kier molecular flexibility index (Phi) is 4.07. The van der Waals surface area contributed by atoms with Gasteiger partial charge in [-0.05, 0) is 40.9 Å². The van der Waals surface area contributed by atoms with E-state index >= 15 is 0 Å². The largest absolute Gasteiger partial charge is 0.387 e.